The molecule has 5 heteroatoms. The molecular formula is C18H17NO4. The number of aliphatic hydroxyl groups is 1. The molecule has 1 aliphatic rings. The van der Waals surface area contributed by atoms with Crippen LogP contribution in [0.3, 0.4) is 0 Å². The van der Waals surface area contributed by atoms with Gasteiger partial charge in [-0.25, -0.2) is 0 Å². The van der Waals surface area contributed by atoms with Gasteiger partial charge in [0, 0.05) is 11.3 Å². The minimum absolute atomic E-state index is 0.226. The van der Waals surface area contributed by atoms with Gasteiger partial charge >= 0.3 is 0 Å². The number of hydrogen-bond donors (Lipinski definition) is 1. The molecule has 0 fully saturated rings. The van der Waals surface area contributed by atoms with Gasteiger partial charge in [-0.3, -0.25) is 14.5 Å². The van der Waals surface area contributed by atoms with Crippen molar-refractivity contribution in [2.45, 2.75) is 19.1 Å². The molecule has 0 aliphatic carbocycles. The van der Waals surface area contributed by atoms with Crippen LogP contribution in [0.15, 0.2) is 48.5 Å². The van der Waals surface area contributed by atoms with Gasteiger partial charge in [-0.1, -0.05) is 18.2 Å². The van der Waals surface area contributed by atoms with E-state index < -0.39 is 12.1 Å². The van der Waals surface area contributed by atoms with Gasteiger partial charge in [0.2, 0.25) is 0 Å². The highest BCUT2D eigenvalue weighted by atomic mass is 16.5. The van der Waals surface area contributed by atoms with Crippen molar-refractivity contribution in [1.29, 1.82) is 0 Å². The first kappa shape index (κ1) is 15.2. The molecule has 0 saturated carbocycles. The van der Waals surface area contributed by atoms with E-state index in [1.807, 2.05) is 0 Å². The summed E-state index contributed by atoms with van der Waals surface area (Å²) in [6.07, 6.45) is -1.27. The molecule has 1 aliphatic heterocycles. The fraction of sp³-hybridized carbons (Fsp3) is 0.222. The van der Waals surface area contributed by atoms with Gasteiger partial charge in [0.25, 0.3) is 5.91 Å². The Morgan fingerprint density at radius 3 is 2.43 bits per heavy atom. The van der Waals surface area contributed by atoms with E-state index >= 15 is 0 Å². The summed E-state index contributed by atoms with van der Waals surface area (Å²) in [7, 11) is 1.56. The van der Waals surface area contributed by atoms with Gasteiger partial charge in [0.15, 0.2) is 5.78 Å². The summed E-state index contributed by atoms with van der Waals surface area (Å²) in [6.45, 7) is 1.32. The highest BCUT2D eigenvalue weighted by Crippen LogP contribution is 2.40. The summed E-state index contributed by atoms with van der Waals surface area (Å²) in [6, 6.07) is 13.3. The molecule has 0 unspecified atom stereocenters. The zero-order valence-corrected chi connectivity index (χ0v) is 12.9. The third-order valence-corrected chi connectivity index (χ3v) is 4.07. The average Bonchev–Trinajstić information content (AvgIpc) is 2.87. The van der Waals surface area contributed by atoms with E-state index in [2.05, 4.69) is 0 Å². The molecule has 5 nitrogen and oxygen atoms in total. The Hall–Kier alpha value is -2.66. The van der Waals surface area contributed by atoms with E-state index in [0.29, 0.717) is 22.6 Å². The van der Waals surface area contributed by atoms with Crippen LogP contribution in [0.2, 0.25) is 0 Å². The van der Waals surface area contributed by atoms with E-state index in [0.717, 1.165) is 0 Å². The number of carbonyl (C=O) groups is 2. The summed E-state index contributed by atoms with van der Waals surface area (Å²) in [5, 5.41) is 10.4. The molecule has 2 aromatic rings. The van der Waals surface area contributed by atoms with E-state index in [4.69, 9.17) is 4.74 Å². The lowest BCUT2D eigenvalue weighted by Gasteiger charge is -2.28. The number of fused-ring (bicyclic) bond motifs is 1. The number of carbonyl (C=O) groups excluding carboxylic acids is 2. The molecular weight excluding hydrogens is 294 g/mol. The predicted octanol–water partition coefficient (Wildman–Crippen LogP) is 2.35. The van der Waals surface area contributed by atoms with Crippen LogP contribution >= 0.6 is 0 Å². The Balaban J connectivity index is 2.10. The SMILES string of the molecule is COc1ccc(N2C(=O)c3ccccc3[C@@H]2[C@H](O)C(C)=O)cc1. The lowest BCUT2D eigenvalue weighted by Crippen LogP contribution is -2.38. The van der Waals surface area contributed by atoms with E-state index in [1.165, 1.54) is 11.8 Å². The number of methoxy groups -OCH3 is 1. The fourth-order valence-corrected chi connectivity index (χ4v) is 2.90. The second kappa shape index (κ2) is 5.85. The molecule has 118 valence electrons. The summed E-state index contributed by atoms with van der Waals surface area (Å²) >= 11 is 0. The van der Waals surface area contributed by atoms with E-state index in [-0.39, 0.29) is 11.7 Å². The van der Waals surface area contributed by atoms with Crippen molar-refractivity contribution in [3.05, 3.63) is 59.7 Å². The van der Waals surface area contributed by atoms with Crippen molar-refractivity contribution in [2.24, 2.45) is 0 Å². The lowest BCUT2D eigenvalue weighted by molar-refractivity contribution is -0.125. The Bertz CT molecular complexity index is 754. The molecule has 0 spiro atoms. The van der Waals surface area contributed by atoms with Crippen molar-refractivity contribution in [1.82, 2.24) is 0 Å². The smallest absolute Gasteiger partial charge is 0.259 e. The first-order valence-electron chi connectivity index (χ1n) is 7.29. The number of nitrogens with zero attached hydrogens (tertiary/aromatic N) is 1. The Kier molecular flexibility index (Phi) is 3.88. The molecule has 0 radical (unpaired) electrons. The van der Waals surface area contributed by atoms with Gasteiger partial charge in [-0.15, -0.1) is 0 Å². The van der Waals surface area contributed by atoms with Crippen LogP contribution in [0.5, 0.6) is 5.75 Å². The fourth-order valence-electron chi connectivity index (χ4n) is 2.90. The monoisotopic (exact) mass is 311 g/mol. The summed E-state index contributed by atoms with van der Waals surface area (Å²) < 4.78 is 5.13. The first-order chi connectivity index (χ1) is 11.0. The molecule has 3 rings (SSSR count). The second-order valence-electron chi connectivity index (χ2n) is 5.46. The lowest BCUT2D eigenvalue weighted by atomic mass is 9.98. The number of aliphatic hydroxyl groups excluding tert-OH is 1. The van der Waals surface area contributed by atoms with Crippen LogP contribution < -0.4 is 9.64 Å². The van der Waals surface area contributed by atoms with E-state index in [9.17, 15) is 14.7 Å². The summed E-state index contributed by atoms with van der Waals surface area (Å²) in [5.74, 6) is 0.0654. The molecule has 0 bridgehead atoms. The van der Waals surface area contributed by atoms with Crippen molar-refractivity contribution in [3.63, 3.8) is 0 Å². The number of hydrogen-bond acceptors (Lipinski definition) is 4. The van der Waals surface area contributed by atoms with Gasteiger partial charge in [-0.05, 0) is 42.8 Å². The number of anilines is 1. The van der Waals surface area contributed by atoms with Crippen LogP contribution in [0.1, 0.15) is 28.9 Å². The van der Waals surface area contributed by atoms with Crippen molar-refractivity contribution < 1.29 is 19.4 Å². The highest BCUT2D eigenvalue weighted by molar-refractivity contribution is 6.12. The van der Waals surface area contributed by atoms with Gasteiger partial charge in [0.05, 0.1) is 13.2 Å². The van der Waals surface area contributed by atoms with E-state index in [1.54, 1.807) is 55.6 Å². The largest absolute Gasteiger partial charge is 0.497 e. The van der Waals surface area contributed by atoms with Crippen LogP contribution in [0, 0.1) is 0 Å². The van der Waals surface area contributed by atoms with Crippen LogP contribution in [-0.4, -0.2) is 30.0 Å². The maximum atomic E-state index is 12.8. The third kappa shape index (κ3) is 2.49. The zero-order valence-electron chi connectivity index (χ0n) is 12.9. The number of Topliss-reactive ketones (excluding diaryl/α,β-unsaturated/α-hetero) is 1. The van der Waals surface area contributed by atoms with Crippen molar-refractivity contribution in [2.75, 3.05) is 12.0 Å². The Labute approximate surface area is 134 Å². The zero-order chi connectivity index (χ0) is 16.6. The number of rotatable bonds is 4. The Morgan fingerprint density at radius 1 is 1.17 bits per heavy atom. The first-order valence-corrected chi connectivity index (χ1v) is 7.29. The summed E-state index contributed by atoms with van der Waals surface area (Å²) in [4.78, 5) is 25.9. The molecule has 23 heavy (non-hydrogen) atoms. The van der Waals surface area contributed by atoms with Crippen LogP contribution in [0.25, 0.3) is 0 Å². The molecule has 1 amide bonds. The average molecular weight is 311 g/mol. The minimum Gasteiger partial charge on any atom is -0.497 e. The van der Waals surface area contributed by atoms with Gasteiger partial charge < -0.3 is 9.84 Å². The number of ether oxygens (including phenoxy) is 1. The van der Waals surface area contributed by atoms with Crippen LogP contribution in [0.4, 0.5) is 5.69 Å². The second-order valence-corrected chi connectivity index (χ2v) is 5.46. The summed E-state index contributed by atoms with van der Waals surface area (Å²) in [5.41, 5.74) is 1.78. The number of ketones is 1. The molecule has 1 heterocycles. The maximum Gasteiger partial charge on any atom is 0.259 e. The number of amides is 1. The normalized spacial score (nSPS) is 17.8. The maximum absolute atomic E-state index is 12.8. The molecule has 2 atom stereocenters. The number of benzene rings is 2. The molecule has 0 saturated heterocycles. The molecule has 0 aromatic heterocycles. The van der Waals surface area contributed by atoms with Crippen molar-refractivity contribution >= 4 is 17.4 Å². The van der Waals surface area contributed by atoms with Crippen molar-refractivity contribution in [3.8, 4) is 5.75 Å². The standard InChI is InChI=1S/C18H17NO4/c1-11(20)17(21)16-14-5-3-4-6-15(14)18(22)19(16)12-7-9-13(23-2)10-8-12/h3-10,16-17,21H,1-2H3/t16-,17-/m1/s1. The quantitative estimate of drug-likeness (QED) is 0.941. The Morgan fingerprint density at radius 2 is 1.83 bits per heavy atom. The topological polar surface area (TPSA) is 66.8 Å². The minimum atomic E-state index is -1.27. The molecule has 1 N–H and O–H groups in total. The highest BCUT2D eigenvalue weighted by Gasteiger charge is 2.42. The molecule has 2 aromatic carbocycles. The van der Waals surface area contributed by atoms with Crippen LogP contribution in [-0.2, 0) is 4.79 Å². The third-order valence-electron chi connectivity index (χ3n) is 4.07. The predicted molar refractivity (Wildman–Crippen MR) is 85.7 cm³/mol. The van der Waals surface area contributed by atoms with Gasteiger partial charge in [-0.2, -0.15) is 0 Å². The van der Waals surface area contributed by atoms with Gasteiger partial charge in [0.1, 0.15) is 11.9 Å².